The summed E-state index contributed by atoms with van der Waals surface area (Å²) in [6.45, 7) is 14.3. The molecule has 44 heavy (non-hydrogen) atoms. The van der Waals surface area contributed by atoms with Crippen LogP contribution < -0.4 is 0 Å². The van der Waals surface area contributed by atoms with Crippen LogP contribution in [0.3, 0.4) is 0 Å². The van der Waals surface area contributed by atoms with Gasteiger partial charge in [-0.2, -0.15) is 9.78 Å². The number of carbonyl (C=O) groups excluding carboxylic acids is 4. The molecule has 0 radical (unpaired) electrons. The first-order valence-corrected chi connectivity index (χ1v) is 15.2. The van der Waals surface area contributed by atoms with Gasteiger partial charge in [0.05, 0.1) is 24.7 Å². The molecule has 10 heteroatoms. The Bertz CT molecular complexity index is 1530. The minimum atomic E-state index is -0.998. The molecule has 0 spiro atoms. The van der Waals surface area contributed by atoms with Gasteiger partial charge in [-0.3, -0.25) is 14.4 Å². The highest BCUT2D eigenvalue weighted by molar-refractivity contribution is 5.94. The molecule has 2 amide bonds. The van der Waals surface area contributed by atoms with Gasteiger partial charge in [-0.05, 0) is 78.5 Å². The van der Waals surface area contributed by atoms with E-state index in [2.05, 4.69) is 11.2 Å². The van der Waals surface area contributed by atoms with E-state index in [1.54, 1.807) is 43.7 Å². The van der Waals surface area contributed by atoms with E-state index < -0.39 is 17.2 Å². The van der Waals surface area contributed by atoms with Gasteiger partial charge in [-0.15, -0.1) is 0 Å². The standard InChI is InChI=1S/C34H44N4O6/c1-8-43-30(40)10-9-14-36(22-25-11-12-27-21-35-38(28(27)19-25)32(42)44-33(4,5)6)31(41)34(7)13-15-37(34)29(39)20-26-17-23(2)16-24(3)18-26/h11-12,16-19,21H,8-10,13-15,20,22H2,1-7H3. The number of esters is 1. The van der Waals surface area contributed by atoms with Crippen LogP contribution in [0.25, 0.3) is 10.9 Å². The molecule has 236 valence electrons. The van der Waals surface area contributed by atoms with Crippen LogP contribution in [0.4, 0.5) is 4.79 Å². The van der Waals surface area contributed by atoms with E-state index in [-0.39, 0.29) is 37.2 Å². The minimum absolute atomic E-state index is 0.0914. The zero-order valence-corrected chi connectivity index (χ0v) is 26.9. The highest BCUT2D eigenvalue weighted by Crippen LogP contribution is 2.34. The summed E-state index contributed by atoms with van der Waals surface area (Å²) in [6, 6.07) is 11.6. The van der Waals surface area contributed by atoms with E-state index in [1.807, 2.05) is 51.1 Å². The van der Waals surface area contributed by atoms with Crippen LogP contribution in [-0.2, 0) is 36.8 Å². The van der Waals surface area contributed by atoms with Crippen molar-refractivity contribution in [3.8, 4) is 0 Å². The molecule has 1 fully saturated rings. The number of hydrogen-bond donors (Lipinski definition) is 0. The second kappa shape index (κ2) is 13.2. The molecule has 0 saturated carbocycles. The molecule has 10 nitrogen and oxygen atoms in total. The number of carbonyl (C=O) groups is 4. The Morgan fingerprint density at radius 3 is 2.34 bits per heavy atom. The fourth-order valence-electron chi connectivity index (χ4n) is 5.70. The Hall–Kier alpha value is -4.21. The number of benzene rings is 2. The van der Waals surface area contributed by atoms with Gasteiger partial charge in [0.1, 0.15) is 11.1 Å². The topological polar surface area (TPSA) is 111 Å². The summed E-state index contributed by atoms with van der Waals surface area (Å²) in [5.74, 6) is -0.587. The largest absolute Gasteiger partial charge is 0.466 e. The van der Waals surface area contributed by atoms with Gasteiger partial charge < -0.3 is 19.3 Å². The van der Waals surface area contributed by atoms with Crippen molar-refractivity contribution < 1.29 is 28.7 Å². The van der Waals surface area contributed by atoms with Gasteiger partial charge in [0, 0.05) is 31.4 Å². The average Bonchev–Trinajstić information content (AvgIpc) is 3.33. The molecule has 3 aromatic rings. The quantitative estimate of drug-likeness (QED) is 0.287. The first-order chi connectivity index (χ1) is 20.7. The fraction of sp³-hybridized carbons (Fsp3) is 0.500. The maximum absolute atomic E-state index is 14.2. The van der Waals surface area contributed by atoms with E-state index in [0.29, 0.717) is 38.1 Å². The van der Waals surface area contributed by atoms with Crippen LogP contribution in [0.1, 0.15) is 76.1 Å². The molecule has 1 aliphatic heterocycles. The third-order valence-electron chi connectivity index (χ3n) is 7.79. The predicted molar refractivity (Wildman–Crippen MR) is 167 cm³/mol. The number of aromatic nitrogens is 2. The average molecular weight is 605 g/mol. The summed E-state index contributed by atoms with van der Waals surface area (Å²) in [5, 5.41) is 4.98. The summed E-state index contributed by atoms with van der Waals surface area (Å²) in [4.78, 5) is 55.9. The van der Waals surface area contributed by atoms with E-state index in [9.17, 15) is 19.2 Å². The lowest BCUT2D eigenvalue weighted by molar-refractivity contribution is -0.164. The third-order valence-corrected chi connectivity index (χ3v) is 7.79. The predicted octanol–water partition coefficient (Wildman–Crippen LogP) is 5.34. The minimum Gasteiger partial charge on any atom is -0.466 e. The van der Waals surface area contributed by atoms with Crippen molar-refractivity contribution in [1.29, 1.82) is 0 Å². The number of aryl methyl sites for hydroxylation is 2. The molecular formula is C34H44N4O6. The number of hydrogen-bond acceptors (Lipinski definition) is 7. The van der Waals surface area contributed by atoms with Crippen LogP contribution in [-0.4, -0.2) is 74.3 Å². The Balaban J connectivity index is 1.57. The molecule has 1 unspecified atom stereocenters. The highest BCUT2D eigenvalue weighted by atomic mass is 16.6. The van der Waals surface area contributed by atoms with Gasteiger partial charge in [0.25, 0.3) is 0 Å². The number of ether oxygens (including phenoxy) is 2. The molecule has 2 aromatic carbocycles. The van der Waals surface area contributed by atoms with Gasteiger partial charge in [0.15, 0.2) is 0 Å². The second-order valence-corrected chi connectivity index (χ2v) is 12.8. The number of likely N-dealkylation sites (tertiary alicyclic amines) is 1. The fourth-order valence-corrected chi connectivity index (χ4v) is 5.70. The summed E-state index contributed by atoms with van der Waals surface area (Å²) >= 11 is 0. The van der Waals surface area contributed by atoms with Crippen LogP contribution in [0, 0.1) is 13.8 Å². The molecular weight excluding hydrogens is 560 g/mol. The number of fused-ring (bicyclic) bond motifs is 1. The van der Waals surface area contributed by atoms with E-state index in [0.717, 1.165) is 27.6 Å². The third kappa shape index (κ3) is 7.65. The van der Waals surface area contributed by atoms with Crippen molar-refractivity contribution in [2.24, 2.45) is 0 Å². The molecule has 1 saturated heterocycles. The molecule has 1 atom stereocenters. The van der Waals surface area contributed by atoms with Crippen LogP contribution in [0.2, 0.25) is 0 Å². The Morgan fingerprint density at radius 2 is 1.73 bits per heavy atom. The maximum atomic E-state index is 14.2. The van der Waals surface area contributed by atoms with Gasteiger partial charge in [-0.25, -0.2) is 4.79 Å². The molecule has 1 aromatic heterocycles. The van der Waals surface area contributed by atoms with E-state index >= 15 is 0 Å². The van der Waals surface area contributed by atoms with Crippen molar-refractivity contribution >= 4 is 34.8 Å². The van der Waals surface area contributed by atoms with Gasteiger partial charge in [0.2, 0.25) is 11.8 Å². The monoisotopic (exact) mass is 604 g/mol. The first kappa shape index (κ1) is 32.7. The SMILES string of the molecule is CCOC(=O)CCCN(Cc1ccc2cnn(C(=O)OC(C)(C)C)c2c1)C(=O)C1(C)CCN1C(=O)Cc1cc(C)cc(C)c1. The zero-order valence-electron chi connectivity index (χ0n) is 26.9. The van der Waals surface area contributed by atoms with E-state index in [4.69, 9.17) is 9.47 Å². The van der Waals surface area contributed by atoms with Crippen LogP contribution >= 0.6 is 0 Å². The second-order valence-electron chi connectivity index (χ2n) is 12.8. The Labute approximate surface area is 259 Å². The van der Waals surface area contributed by atoms with Crippen molar-refractivity contribution in [3.63, 3.8) is 0 Å². The summed E-state index contributed by atoms with van der Waals surface area (Å²) in [5.41, 5.74) is 2.77. The molecule has 1 aliphatic rings. The van der Waals surface area contributed by atoms with Gasteiger partial charge in [-0.1, -0.05) is 41.5 Å². The Kier molecular flexibility index (Phi) is 9.81. The lowest BCUT2D eigenvalue weighted by atomic mass is 9.84. The molecule has 0 N–H and O–H groups in total. The number of rotatable bonds is 10. The van der Waals surface area contributed by atoms with E-state index in [1.165, 1.54) is 4.68 Å². The zero-order chi connectivity index (χ0) is 32.2. The lowest BCUT2D eigenvalue weighted by Gasteiger charge is -2.51. The smallest absolute Gasteiger partial charge is 0.435 e. The first-order valence-electron chi connectivity index (χ1n) is 15.2. The number of amides is 2. The van der Waals surface area contributed by atoms with Crippen molar-refractivity contribution in [2.75, 3.05) is 19.7 Å². The summed E-state index contributed by atoms with van der Waals surface area (Å²) < 4.78 is 11.8. The normalized spacial score (nSPS) is 16.4. The van der Waals surface area contributed by atoms with Crippen molar-refractivity contribution in [3.05, 3.63) is 64.8 Å². The molecule has 2 heterocycles. The highest BCUT2D eigenvalue weighted by Gasteiger charge is 2.50. The van der Waals surface area contributed by atoms with Crippen molar-refractivity contribution in [2.45, 2.75) is 91.8 Å². The summed E-state index contributed by atoms with van der Waals surface area (Å²) in [7, 11) is 0. The maximum Gasteiger partial charge on any atom is 0.435 e. The van der Waals surface area contributed by atoms with Crippen LogP contribution in [0.15, 0.2) is 42.6 Å². The van der Waals surface area contributed by atoms with Gasteiger partial charge >= 0.3 is 12.1 Å². The Morgan fingerprint density at radius 1 is 1.02 bits per heavy atom. The lowest BCUT2D eigenvalue weighted by Crippen LogP contribution is -2.68. The van der Waals surface area contributed by atoms with Crippen molar-refractivity contribution in [1.82, 2.24) is 19.6 Å². The number of nitrogens with zero attached hydrogens (tertiary/aromatic N) is 4. The van der Waals surface area contributed by atoms with Crippen LogP contribution in [0.5, 0.6) is 0 Å². The summed E-state index contributed by atoms with van der Waals surface area (Å²) in [6.07, 6.45) is 2.36. The molecule has 0 bridgehead atoms. The molecule has 4 rings (SSSR count). The molecule has 0 aliphatic carbocycles.